The molecule has 0 aliphatic heterocycles. The third kappa shape index (κ3) is 15.6. The van der Waals surface area contributed by atoms with Crippen LogP contribution < -0.4 is 113 Å². The molecule has 0 fully saturated rings. The molecule has 0 saturated carbocycles. The second kappa shape index (κ2) is 9.45. The van der Waals surface area contributed by atoms with Crippen LogP contribution in [0.2, 0.25) is 0 Å². The van der Waals surface area contributed by atoms with Gasteiger partial charge in [0.1, 0.15) is 7.82 Å². The molecule has 0 N–H and O–H groups in total. The predicted octanol–water partition coefficient (Wildman–Crippen LogP) is -7.22. The molecule has 0 bridgehead atoms. The van der Waals surface area contributed by atoms with E-state index < -0.39 is 13.8 Å². The summed E-state index contributed by atoms with van der Waals surface area (Å²) in [5.74, 6) is -1.02. The molecule has 0 heterocycles. The summed E-state index contributed by atoms with van der Waals surface area (Å²) in [7, 11) is -5.09. The third-order valence-electron chi connectivity index (χ3n) is 0.502. The first kappa shape index (κ1) is 19.5. The Bertz CT molecular complexity index is 154. The van der Waals surface area contributed by atoms with E-state index in [0.717, 1.165) is 0 Å². The average molecular weight is 230 g/mol. The Kier molecular flexibility index (Phi) is 16.7. The SMILES string of the molecule is CCC(=O)OP(=O)([O-])[O-].[K+].[K+]. The summed E-state index contributed by atoms with van der Waals surface area (Å²) in [5.41, 5.74) is 0. The van der Waals surface area contributed by atoms with Crippen molar-refractivity contribution in [2.75, 3.05) is 0 Å². The van der Waals surface area contributed by atoms with Crippen LogP contribution in [-0.2, 0) is 13.9 Å². The van der Waals surface area contributed by atoms with Crippen molar-refractivity contribution in [1.82, 2.24) is 0 Å². The fraction of sp³-hybridized carbons (Fsp3) is 0.667. The monoisotopic (exact) mass is 230 g/mol. The van der Waals surface area contributed by atoms with E-state index in [9.17, 15) is 19.1 Å². The molecular formula is C3H5K2O5P. The van der Waals surface area contributed by atoms with E-state index in [1.54, 1.807) is 0 Å². The number of hydrogen-bond acceptors (Lipinski definition) is 5. The molecule has 0 rings (SSSR count). The van der Waals surface area contributed by atoms with Gasteiger partial charge >= 0.3 is 109 Å². The molecule has 11 heavy (non-hydrogen) atoms. The van der Waals surface area contributed by atoms with Gasteiger partial charge in [0, 0.05) is 6.42 Å². The van der Waals surface area contributed by atoms with Crippen LogP contribution in [0.15, 0.2) is 0 Å². The first-order valence-corrected chi connectivity index (χ1v) is 3.66. The van der Waals surface area contributed by atoms with Crippen LogP contribution in [0.5, 0.6) is 0 Å². The Morgan fingerprint density at radius 2 is 1.82 bits per heavy atom. The molecule has 54 valence electrons. The van der Waals surface area contributed by atoms with Gasteiger partial charge in [0.15, 0.2) is 0 Å². The van der Waals surface area contributed by atoms with Gasteiger partial charge in [0.25, 0.3) is 0 Å². The minimum atomic E-state index is -5.09. The van der Waals surface area contributed by atoms with Crippen molar-refractivity contribution in [2.45, 2.75) is 13.3 Å². The topological polar surface area (TPSA) is 89.5 Å². The molecule has 0 aromatic heterocycles. The van der Waals surface area contributed by atoms with Crippen LogP contribution in [0.3, 0.4) is 0 Å². The second-order valence-electron chi connectivity index (χ2n) is 1.26. The van der Waals surface area contributed by atoms with E-state index in [0.29, 0.717) is 0 Å². The van der Waals surface area contributed by atoms with Gasteiger partial charge in [0.2, 0.25) is 0 Å². The minimum absolute atomic E-state index is 0. The van der Waals surface area contributed by atoms with Crippen molar-refractivity contribution in [1.29, 1.82) is 0 Å². The van der Waals surface area contributed by atoms with E-state index in [-0.39, 0.29) is 109 Å². The second-order valence-corrected chi connectivity index (χ2v) is 2.34. The third-order valence-corrected chi connectivity index (χ3v) is 0.930. The first-order valence-electron chi connectivity index (χ1n) is 2.20. The average Bonchev–Trinajstić information content (AvgIpc) is 1.62. The van der Waals surface area contributed by atoms with E-state index in [1.165, 1.54) is 6.92 Å². The molecule has 0 aromatic carbocycles. The van der Waals surface area contributed by atoms with E-state index >= 15 is 0 Å². The van der Waals surface area contributed by atoms with Gasteiger partial charge < -0.3 is 18.9 Å². The molecule has 0 aliphatic rings. The smallest absolute Gasteiger partial charge is 0.780 e. The first-order chi connectivity index (χ1) is 3.95. The van der Waals surface area contributed by atoms with Crippen LogP contribution >= 0.6 is 7.82 Å². The molecule has 0 radical (unpaired) electrons. The quantitative estimate of drug-likeness (QED) is 0.347. The predicted molar refractivity (Wildman–Crippen MR) is 24.0 cm³/mol. The molecule has 0 atom stereocenters. The van der Waals surface area contributed by atoms with Crippen molar-refractivity contribution in [3.63, 3.8) is 0 Å². The maximum atomic E-state index is 10.0. The van der Waals surface area contributed by atoms with E-state index in [2.05, 4.69) is 4.52 Å². The van der Waals surface area contributed by atoms with Crippen LogP contribution in [0.4, 0.5) is 0 Å². The van der Waals surface area contributed by atoms with Crippen LogP contribution in [0.25, 0.3) is 0 Å². The summed E-state index contributed by atoms with van der Waals surface area (Å²) in [6, 6.07) is 0. The molecule has 8 heteroatoms. The number of phosphoric acid groups is 1. The number of hydrogen-bond donors (Lipinski definition) is 0. The van der Waals surface area contributed by atoms with Gasteiger partial charge in [-0.15, -0.1) is 0 Å². The van der Waals surface area contributed by atoms with Crippen LogP contribution in [-0.4, -0.2) is 5.97 Å². The number of phosphoric ester groups is 1. The summed E-state index contributed by atoms with van der Waals surface area (Å²) in [6.07, 6.45) is -0.117. The maximum absolute atomic E-state index is 10.0. The maximum Gasteiger partial charge on any atom is 1.00 e. The summed E-state index contributed by atoms with van der Waals surface area (Å²) >= 11 is 0. The van der Waals surface area contributed by atoms with E-state index in [4.69, 9.17) is 0 Å². The van der Waals surface area contributed by atoms with Crippen LogP contribution in [0, 0.1) is 0 Å². The van der Waals surface area contributed by atoms with E-state index in [1.807, 2.05) is 0 Å². The zero-order chi connectivity index (χ0) is 7.49. The summed E-state index contributed by atoms with van der Waals surface area (Å²) < 4.78 is 13.0. The molecule has 0 amide bonds. The molecule has 0 aromatic rings. The van der Waals surface area contributed by atoms with Gasteiger partial charge in [0.05, 0.1) is 0 Å². The molecule has 0 aliphatic carbocycles. The Hall–Kier alpha value is 2.89. The molecule has 5 nitrogen and oxygen atoms in total. The molecule has 0 saturated heterocycles. The Morgan fingerprint density at radius 3 is 1.91 bits per heavy atom. The molecular weight excluding hydrogens is 225 g/mol. The summed E-state index contributed by atoms with van der Waals surface area (Å²) in [4.78, 5) is 29.3. The van der Waals surface area contributed by atoms with Gasteiger partial charge in [-0.3, -0.25) is 4.79 Å². The van der Waals surface area contributed by atoms with Crippen molar-refractivity contribution in [3.05, 3.63) is 0 Å². The van der Waals surface area contributed by atoms with Crippen molar-refractivity contribution in [2.24, 2.45) is 0 Å². The largest absolute Gasteiger partial charge is 1.00 e. The fourth-order valence-electron chi connectivity index (χ4n) is 0.189. The minimum Gasteiger partial charge on any atom is -0.780 e. The van der Waals surface area contributed by atoms with Gasteiger partial charge in [-0.2, -0.15) is 0 Å². The Labute approximate surface area is 150 Å². The summed E-state index contributed by atoms with van der Waals surface area (Å²) in [5, 5.41) is 0. The van der Waals surface area contributed by atoms with Gasteiger partial charge in [-0.25, -0.2) is 0 Å². The Morgan fingerprint density at radius 1 is 1.45 bits per heavy atom. The zero-order valence-electron chi connectivity index (χ0n) is 6.70. The van der Waals surface area contributed by atoms with Crippen molar-refractivity contribution in [3.8, 4) is 0 Å². The van der Waals surface area contributed by atoms with Crippen molar-refractivity contribution < 1.29 is 126 Å². The molecule has 0 spiro atoms. The van der Waals surface area contributed by atoms with Gasteiger partial charge in [-0.05, 0) is 0 Å². The normalized spacial score (nSPS) is 9.00. The number of carbonyl (C=O) groups excluding carboxylic acids is 1. The number of rotatable bonds is 2. The standard InChI is InChI=1S/C3H7O5P.2K/c1-2-3(4)8-9(5,6)7;;/h2H2,1H3,(H2,5,6,7);;/q;2*+1/p-2. The zero-order valence-corrected chi connectivity index (χ0v) is 13.8. The molecule has 0 unspecified atom stereocenters. The summed E-state index contributed by atoms with van der Waals surface area (Å²) in [6.45, 7) is 1.39. The van der Waals surface area contributed by atoms with Crippen LogP contribution in [0.1, 0.15) is 13.3 Å². The Balaban J connectivity index is -0.000000320. The van der Waals surface area contributed by atoms with Crippen molar-refractivity contribution >= 4 is 13.8 Å². The van der Waals surface area contributed by atoms with Gasteiger partial charge in [-0.1, -0.05) is 6.92 Å². The number of carbonyl (C=O) groups is 1. The fourth-order valence-corrected chi connectivity index (χ4v) is 0.568.